The Morgan fingerprint density at radius 2 is 2.17 bits per heavy atom. The molecule has 6 heteroatoms. The van der Waals surface area contributed by atoms with Crippen LogP contribution in [0.4, 0.5) is 4.79 Å². The molecular weight excluding hydrogens is 292 g/mol. The number of pyridine rings is 2. The molecule has 2 amide bonds. The number of rotatable bonds is 4. The summed E-state index contributed by atoms with van der Waals surface area (Å²) in [6.07, 6.45) is 7.22. The van der Waals surface area contributed by atoms with E-state index in [1.165, 1.54) is 0 Å². The van der Waals surface area contributed by atoms with E-state index in [9.17, 15) is 4.79 Å². The van der Waals surface area contributed by atoms with Crippen LogP contribution >= 0.6 is 0 Å². The van der Waals surface area contributed by atoms with E-state index in [1.54, 1.807) is 25.7 Å². The third-order valence-corrected chi connectivity index (χ3v) is 4.06. The van der Waals surface area contributed by atoms with Crippen molar-refractivity contribution in [2.75, 3.05) is 13.7 Å². The molecule has 6 nitrogen and oxygen atoms in total. The van der Waals surface area contributed by atoms with Crippen LogP contribution in [-0.2, 0) is 6.54 Å². The fourth-order valence-corrected chi connectivity index (χ4v) is 2.89. The summed E-state index contributed by atoms with van der Waals surface area (Å²) < 4.78 is 5.10. The third-order valence-electron chi connectivity index (χ3n) is 4.06. The van der Waals surface area contributed by atoms with Crippen molar-refractivity contribution < 1.29 is 9.53 Å². The Labute approximate surface area is 135 Å². The lowest BCUT2D eigenvalue weighted by atomic mass is 10.1. The van der Waals surface area contributed by atoms with Gasteiger partial charge in [-0.3, -0.25) is 4.98 Å². The van der Waals surface area contributed by atoms with Crippen LogP contribution in [0.3, 0.4) is 0 Å². The van der Waals surface area contributed by atoms with E-state index >= 15 is 0 Å². The van der Waals surface area contributed by atoms with Crippen molar-refractivity contribution in [2.24, 2.45) is 0 Å². The molecule has 120 valence electrons. The smallest absolute Gasteiger partial charge is 0.318 e. The van der Waals surface area contributed by atoms with Gasteiger partial charge in [0, 0.05) is 37.7 Å². The van der Waals surface area contributed by atoms with E-state index in [2.05, 4.69) is 15.3 Å². The van der Waals surface area contributed by atoms with Crippen molar-refractivity contribution in [1.29, 1.82) is 0 Å². The number of aromatic nitrogens is 2. The maximum absolute atomic E-state index is 12.5. The monoisotopic (exact) mass is 312 g/mol. The van der Waals surface area contributed by atoms with Gasteiger partial charge >= 0.3 is 6.03 Å². The zero-order valence-corrected chi connectivity index (χ0v) is 13.1. The van der Waals surface area contributed by atoms with Gasteiger partial charge in [-0.05, 0) is 42.2 Å². The summed E-state index contributed by atoms with van der Waals surface area (Å²) in [6.45, 7) is 1.23. The van der Waals surface area contributed by atoms with Crippen LogP contribution in [0, 0.1) is 0 Å². The Bertz CT molecular complexity index is 663. The number of amides is 2. The Balaban J connectivity index is 1.63. The van der Waals surface area contributed by atoms with Crippen molar-refractivity contribution in [3.63, 3.8) is 0 Å². The minimum absolute atomic E-state index is 0.0416. The van der Waals surface area contributed by atoms with E-state index in [-0.39, 0.29) is 12.1 Å². The van der Waals surface area contributed by atoms with Gasteiger partial charge in [-0.2, -0.15) is 0 Å². The second-order valence-corrected chi connectivity index (χ2v) is 5.50. The SMILES string of the molecule is COc1cc(CNC(=O)N2CCCC2c2ccncc2)ccn1. The molecule has 2 aromatic heterocycles. The highest BCUT2D eigenvalue weighted by Crippen LogP contribution is 2.31. The quantitative estimate of drug-likeness (QED) is 0.942. The minimum Gasteiger partial charge on any atom is -0.481 e. The molecule has 1 N–H and O–H groups in total. The number of carbonyl (C=O) groups is 1. The van der Waals surface area contributed by atoms with Crippen LogP contribution in [0.5, 0.6) is 5.88 Å². The first-order valence-electron chi connectivity index (χ1n) is 7.71. The zero-order chi connectivity index (χ0) is 16.1. The maximum atomic E-state index is 12.5. The first-order valence-corrected chi connectivity index (χ1v) is 7.71. The number of methoxy groups -OCH3 is 1. The van der Waals surface area contributed by atoms with E-state index in [1.807, 2.05) is 29.2 Å². The van der Waals surface area contributed by atoms with Crippen molar-refractivity contribution in [3.8, 4) is 5.88 Å². The highest BCUT2D eigenvalue weighted by Gasteiger charge is 2.29. The predicted molar refractivity (Wildman–Crippen MR) is 85.9 cm³/mol. The van der Waals surface area contributed by atoms with Crippen molar-refractivity contribution in [1.82, 2.24) is 20.2 Å². The number of likely N-dealkylation sites (tertiary alicyclic amines) is 1. The molecular formula is C17H20N4O2. The summed E-state index contributed by atoms with van der Waals surface area (Å²) in [4.78, 5) is 22.5. The van der Waals surface area contributed by atoms with Crippen molar-refractivity contribution in [3.05, 3.63) is 54.0 Å². The van der Waals surface area contributed by atoms with Crippen LogP contribution in [0.1, 0.15) is 30.0 Å². The molecule has 1 aliphatic heterocycles. The molecule has 0 saturated carbocycles. The number of nitrogens with one attached hydrogen (secondary N) is 1. The average molecular weight is 312 g/mol. The highest BCUT2D eigenvalue weighted by molar-refractivity contribution is 5.75. The van der Waals surface area contributed by atoms with E-state index in [4.69, 9.17) is 4.74 Å². The van der Waals surface area contributed by atoms with Gasteiger partial charge in [-0.1, -0.05) is 0 Å². The number of carbonyl (C=O) groups excluding carboxylic acids is 1. The largest absolute Gasteiger partial charge is 0.481 e. The Kier molecular flexibility index (Phi) is 4.71. The highest BCUT2D eigenvalue weighted by atomic mass is 16.5. The maximum Gasteiger partial charge on any atom is 0.318 e. The second-order valence-electron chi connectivity index (χ2n) is 5.50. The molecule has 1 atom stereocenters. The van der Waals surface area contributed by atoms with Gasteiger partial charge in [0.15, 0.2) is 0 Å². The van der Waals surface area contributed by atoms with Gasteiger partial charge in [0.25, 0.3) is 0 Å². The van der Waals surface area contributed by atoms with Gasteiger partial charge in [0.05, 0.1) is 13.2 Å². The molecule has 0 bridgehead atoms. The average Bonchev–Trinajstić information content (AvgIpc) is 3.10. The van der Waals surface area contributed by atoms with Crippen molar-refractivity contribution in [2.45, 2.75) is 25.4 Å². The summed E-state index contributed by atoms with van der Waals surface area (Å²) in [6, 6.07) is 7.73. The molecule has 3 heterocycles. The lowest BCUT2D eigenvalue weighted by molar-refractivity contribution is 0.192. The van der Waals surface area contributed by atoms with Crippen molar-refractivity contribution >= 4 is 6.03 Å². The Hall–Kier alpha value is -2.63. The first-order chi connectivity index (χ1) is 11.3. The summed E-state index contributed by atoms with van der Waals surface area (Å²) in [5.74, 6) is 0.549. The molecule has 3 rings (SSSR count). The molecule has 0 spiro atoms. The molecule has 0 aliphatic carbocycles. The lowest BCUT2D eigenvalue weighted by Crippen LogP contribution is -2.39. The number of nitrogens with zero attached hydrogens (tertiary/aromatic N) is 3. The van der Waals surface area contributed by atoms with Crippen LogP contribution in [0.2, 0.25) is 0 Å². The number of hydrogen-bond acceptors (Lipinski definition) is 4. The number of ether oxygens (including phenoxy) is 1. The molecule has 1 saturated heterocycles. The Morgan fingerprint density at radius 3 is 2.96 bits per heavy atom. The number of hydrogen-bond donors (Lipinski definition) is 1. The van der Waals surface area contributed by atoms with Gasteiger partial charge < -0.3 is 15.0 Å². The summed E-state index contributed by atoms with van der Waals surface area (Å²) in [5.41, 5.74) is 2.10. The fraction of sp³-hybridized carbons (Fsp3) is 0.353. The Morgan fingerprint density at radius 1 is 1.35 bits per heavy atom. The summed E-state index contributed by atoms with van der Waals surface area (Å²) in [7, 11) is 1.58. The van der Waals surface area contributed by atoms with Crippen LogP contribution < -0.4 is 10.1 Å². The van der Waals surface area contributed by atoms with Gasteiger partial charge in [0.1, 0.15) is 0 Å². The molecule has 0 radical (unpaired) electrons. The summed E-state index contributed by atoms with van der Waals surface area (Å²) >= 11 is 0. The van der Waals surface area contributed by atoms with Gasteiger partial charge in [-0.25, -0.2) is 9.78 Å². The minimum atomic E-state index is -0.0416. The van der Waals surface area contributed by atoms with Crippen LogP contribution in [0.15, 0.2) is 42.9 Å². The van der Waals surface area contributed by atoms with E-state index in [0.29, 0.717) is 12.4 Å². The molecule has 0 aromatic carbocycles. The molecule has 1 aliphatic rings. The van der Waals surface area contributed by atoms with E-state index in [0.717, 1.165) is 30.5 Å². The molecule has 1 unspecified atom stereocenters. The second kappa shape index (κ2) is 7.09. The molecule has 23 heavy (non-hydrogen) atoms. The third kappa shape index (κ3) is 3.59. The zero-order valence-electron chi connectivity index (χ0n) is 13.1. The predicted octanol–water partition coefficient (Wildman–Crippen LogP) is 2.53. The molecule has 1 fully saturated rings. The van der Waals surface area contributed by atoms with E-state index < -0.39 is 0 Å². The standard InChI is InChI=1S/C17H20N4O2/c1-23-16-11-13(4-9-19-16)12-20-17(22)21-10-2-3-15(21)14-5-7-18-8-6-14/h4-9,11,15H,2-3,10,12H2,1H3,(H,20,22). The molecule has 2 aromatic rings. The lowest BCUT2D eigenvalue weighted by Gasteiger charge is -2.25. The number of urea groups is 1. The van der Waals surface area contributed by atoms with Crippen LogP contribution in [0.25, 0.3) is 0 Å². The summed E-state index contributed by atoms with van der Waals surface area (Å²) in [5, 5.41) is 2.98. The van der Waals surface area contributed by atoms with Gasteiger partial charge in [-0.15, -0.1) is 0 Å². The van der Waals surface area contributed by atoms with Crippen LogP contribution in [-0.4, -0.2) is 34.6 Å². The van der Waals surface area contributed by atoms with Gasteiger partial charge in [0.2, 0.25) is 5.88 Å². The topological polar surface area (TPSA) is 67.3 Å². The fourth-order valence-electron chi connectivity index (χ4n) is 2.89. The first kappa shape index (κ1) is 15.3. The normalized spacial score (nSPS) is 17.1.